The number of hydrogen-bond donors (Lipinski definition) is 0. The lowest BCUT2D eigenvalue weighted by Crippen LogP contribution is -2.09. The quantitative estimate of drug-likeness (QED) is 0.802. The molecule has 20 heavy (non-hydrogen) atoms. The molecule has 0 amide bonds. The molecule has 2 aromatic rings. The number of fused-ring (bicyclic) bond motifs is 1. The van der Waals surface area contributed by atoms with Crippen molar-refractivity contribution >= 4 is 28.8 Å². The summed E-state index contributed by atoms with van der Waals surface area (Å²) >= 11 is 5.98. The van der Waals surface area contributed by atoms with Crippen molar-refractivity contribution in [3.8, 4) is 0 Å². The van der Waals surface area contributed by atoms with Crippen molar-refractivity contribution in [2.45, 2.75) is 19.8 Å². The summed E-state index contributed by atoms with van der Waals surface area (Å²) in [5, 5.41) is 0.634. The van der Waals surface area contributed by atoms with Gasteiger partial charge in [0.25, 0.3) is 0 Å². The number of Topliss-reactive ketones (excluding diaryl/α,β-unsaturated/α-hetero) is 1. The predicted molar refractivity (Wildman–Crippen MR) is 80.0 cm³/mol. The van der Waals surface area contributed by atoms with Crippen molar-refractivity contribution < 1.29 is 4.79 Å². The Labute approximate surface area is 122 Å². The zero-order chi connectivity index (χ0) is 14.1. The summed E-state index contributed by atoms with van der Waals surface area (Å²) in [5.41, 5.74) is 4.38. The number of carbonyl (C=O) groups excluding carboxylic acids is 1. The van der Waals surface area contributed by atoms with E-state index in [-0.39, 0.29) is 5.78 Å². The topological polar surface area (TPSA) is 42.3 Å². The average Bonchev–Trinajstić information content (AvgIpc) is 2.56. The van der Waals surface area contributed by atoms with Crippen LogP contribution in [0.2, 0.25) is 5.02 Å². The van der Waals surface area contributed by atoms with Crippen molar-refractivity contribution in [1.29, 1.82) is 0 Å². The zero-order valence-corrected chi connectivity index (χ0v) is 11.8. The molecule has 0 aliphatic carbocycles. The largest absolute Gasteiger partial charge is 0.299 e. The molecule has 0 unspecified atom stereocenters. The lowest BCUT2D eigenvalue weighted by atomic mass is 10.0. The van der Waals surface area contributed by atoms with Gasteiger partial charge in [-0.2, -0.15) is 0 Å². The number of carbonyl (C=O) groups is 1. The molecule has 0 radical (unpaired) electrons. The van der Waals surface area contributed by atoms with E-state index in [1.54, 1.807) is 12.3 Å². The van der Waals surface area contributed by atoms with E-state index >= 15 is 0 Å². The number of aryl methyl sites for hydroxylation is 1. The Morgan fingerprint density at radius 1 is 1.15 bits per heavy atom. The first-order chi connectivity index (χ1) is 9.61. The molecule has 1 aromatic carbocycles. The minimum atomic E-state index is 0.152. The Balaban J connectivity index is 2.11. The molecule has 2 heterocycles. The molecule has 1 aliphatic heterocycles. The zero-order valence-electron chi connectivity index (χ0n) is 11.1. The van der Waals surface area contributed by atoms with Gasteiger partial charge < -0.3 is 0 Å². The van der Waals surface area contributed by atoms with Gasteiger partial charge in [-0.3, -0.25) is 14.8 Å². The summed E-state index contributed by atoms with van der Waals surface area (Å²) in [6.45, 7) is 1.93. The fourth-order valence-corrected chi connectivity index (χ4v) is 2.54. The number of aromatic nitrogens is 1. The van der Waals surface area contributed by atoms with Gasteiger partial charge in [0.2, 0.25) is 0 Å². The summed E-state index contributed by atoms with van der Waals surface area (Å²) in [7, 11) is 0. The smallest absolute Gasteiger partial charge is 0.143 e. The Kier molecular flexibility index (Phi) is 3.36. The first kappa shape index (κ1) is 13.0. The van der Waals surface area contributed by atoms with Crippen molar-refractivity contribution in [3.05, 3.63) is 58.4 Å². The molecule has 100 valence electrons. The third-order valence-electron chi connectivity index (χ3n) is 3.28. The maximum atomic E-state index is 12.1. The van der Waals surface area contributed by atoms with E-state index < -0.39 is 0 Å². The molecule has 0 saturated carbocycles. The van der Waals surface area contributed by atoms with E-state index in [1.165, 1.54) is 0 Å². The summed E-state index contributed by atoms with van der Waals surface area (Å²) in [6.07, 6.45) is 2.47. The minimum absolute atomic E-state index is 0.152. The summed E-state index contributed by atoms with van der Waals surface area (Å²) in [4.78, 5) is 20.9. The first-order valence-corrected chi connectivity index (χ1v) is 6.80. The number of benzene rings is 1. The molecule has 0 spiro atoms. The third kappa shape index (κ3) is 2.63. The lowest BCUT2D eigenvalue weighted by Gasteiger charge is -2.04. The Bertz CT molecular complexity index is 722. The van der Waals surface area contributed by atoms with Crippen molar-refractivity contribution in [2.24, 2.45) is 4.99 Å². The molecule has 0 N–H and O–H groups in total. The van der Waals surface area contributed by atoms with Crippen molar-refractivity contribution in [2.75, 3.05) is 0 Å². The molecular formula is C16H13ClN2O. The van der Waals surface area contributed by atoms with Crippen molar-refractivity contribution in [1.82, 2.24) is 4.98 Å². The number of halogens is 1. The Morgan fingerprint density at radius 3 is 2.80 bits per heavy atom. The van der Waals surface area contributed by atoms with E-state index in [2.05, 4.69) is 9.98 Å². The fourth-order valence-electron chi connectivity index (χ4n) is 2.34. The molecule has 3 rings (SSSR count). The molecule has 0 atom stereocenters. The second-order valence-electron chi connectivity index (χ2n) is 4.91. The van der Waals surface area contributed by atoms with Gasteiger partial charge in [-0.25, -0.2) is 0 Å². The number of nitrogens with zero attached hydrogens (tertiary/aromatic N) is 2. The number of rotatable bonds is 1. The number of pyridine rings is 1. The van der Waals surface area contributed by atoms with Crippen LogP contribution in [0.4, 0.5) is 5.69 Å². The van der Waals surface area contributed by atoms with Gasteiger partial charge in [-0.15, -0.1) is 0 Å². The van der Waals surface area contributed by atoms with Crippen LogP contribution < -0.4 is 0 Å². The molecule has 1 aromatic heterocycles. The fraction of sp³-hybridized carbons (Fsp3) is 0.188. The normalized spacial score (nSPS) is 14.5. The summed E-state index contributed by atoms with van der Waals surface area (Å²) in [6, 6.07) is 9.32. The first-order valence-electron chi connectivity index (χ1n) is 6.42. The average molecular weight is 285 g/mol. The highest BCUT2D eigenvalue weighted by molar-refractivity contribution is 6.30. The van der Waals surface area contributed by atoms with Crippen LogP contribution in [-0.2, 0) is 11.2 Å². The Morgan fingerprint density at radius 2 is 2.00 bits per heavy atom. The number of ketones is 1. The van der Waals surface area contributed by atoms with E-state index in [0.29, 0.717) is 17.9 Å². The van der Waals surface area contributed by atoms with Gasteiger partial charge in [0.15, 0.2) is 0 Å². The van der Waals surface area contributed by atoms with E-state index in [4.69, 9.17) is 11.6 Å². The molecule has 0 bridgehead atoms. The van der Waals surface area contributed by atoms with E-state index in [0.717, 1.165) is 28.2 Å². The monoisotopic (exact) mass is 284 g/mol. The van der Waals surface area contributed by atoms with Crippen LogP contribution in [0.15, 0.2) is 41.5 Å². The second-order valence-corrected chi connectivity index (χ2v) is 5.35. The van der Waals surface area contributed by atoms with Gasteiger partial charge in [0.05, 0.1) is 11.4 Å². The summed E-state index contributed by atoms with van der Waals surface area (Å²) in [5.74, 6) is 0.152. The number of aliphatic imine (C=N–C) groups is 1. The van der Waals surface area contributed by atoms with Crippen LogP contribution in [0.1, 0.15) is 23.2 Å². The predicted octanol–water partition coefficient (Wildman–Crippen LogP) is 3.68. The number of hydrogen-bond acceptors (Lipinski definition) is 3. The molecule has 0 fully saturated rings. The van der Waals surface area contributed by atoms with Crippen LogP contribution in [0.3, 0.4) is 0 Å². The molecule has 4 heteroatoms. The molecule has 0 saturated heterocycles. The van der Waals surface area contributed by atoms with Gasteiger partial charge in [0, 0.05) is 29.8 Å². The van der Waals surface area contributed by atoms with Crippen LogP contribution in [0.5, 0.6) is 0 Å². The molecule has 3 nitrogen and oxygen atoms in total. The van der Waals surface area contributed by atoms with Gasteiger partial charge in [-0.05, 0) is 48.4 Å². The van der Waals surface area contributed by atoms with Crippen LogP contribution in [0.25, 0.3) is 0 Å². The summed E-state index contributed by atoms with van der Waals surface area (Å²) < 4.78 is 0. The van der Waals surface area contributed by atoms with Gasteiger partial charge >= 0.3 is 0 Å². The van der Waals surface area contributed by atoms with Crippen LogP contribution in [-0.4, -0.2) is 16.5 Å². The van der Waals surface area contributed by atoms with Gasteiger partial charge in [0.1, 0.15) is 5.78 Å². The van der Waals surface area contributed by atoms with Crippen LogP contribution in [0, 0.1) is 6.92 Å². The highest BCUT2D eigenvalue weighted by Gasteiger charge is 2.18. The SMILES string of the molecule is Cc1cc(C2=Nc3ccc(Cl)cc3CC(=O)C2)ccn1. The van der Waals surface area contributed by atoms with E-state index in [1.807, 2.05) is 31.2 Å². The standard InChI is InChI=1S/C16H13ClN2O/c1-10-6-11(4-5-18-10)16-9-14(20)8-12-7-13(17)2-3-15(12)19-16/h2-7H,8-9H2,1H3. The molecular weight excluding hydrogens is 272 g/mol. The Hall–Kier alpha value is -2.00. The maximum absolute atomic E-state index is 12.1. The van der Waals surface area contributed by atoms with E-state index in [9.17, 15) is 4.79 Å². The second kappa shape index (κ2) is 5.17. The highest BCUT2D eigenvalue weighted by Crippen LogP contribution is 2.28. The third-order valence-corrected chi connectivity index (χ3v) is 3.51. The highest BCUT2D eigenvalue weighted by atomic mass is 35.5. The van der Waals surface area contributed by atoms with Gasteiger partial charge in [-0.1, -0.05) is 11.6 Å². The van der Waals surface area contributed by atoms with Crippen LogP contribution >= 0.6 is 11.6 Å². The maximum Gasteiger partial charge on any atom is 0.143 e. The molecule has 1 aliphatic rings. The minimum Gasteiger partial charge on any atom is -0.299 e. The lowest BCUT2D eigenvalue weighted by molar-refractivity contribution is -0.117. The van der Waals surface area contributed by atoms with Crippen molar-refractivity contribution in [3.63, 3.8) is 0 Å².